The Morgan fingerprint density at radius 1 is 1.42 bits per heavy atom. The summed E-state index contributed by atoms with van der Waals surface area (Å²) in [6.07, 6.45) is 0.734. The highest BCUT2D eigenvalue weighted by Crippen LogP contribution is 2.32. The van der Waals surface area contributed by atoms with Crippen LogP contribution in [0.1, 0.15) is 13.3 Å². The average molecular weight is 284 g/mol. The molecular weight excluding hydrogens is 274 g/mol. The Morgan fingerprint density at radius 3 is 2.79 bits per heavy atom. The number of benzene rings is 1. The van der Waals surface area contributed by atoms with Crippen LogP contribution in [0.3, 0.4) is 0 Å². The minimum atomic E-state index is -0.714. The van der Waals surface area contributed by atoms with E-state index in [0.29, 0.717) is 12.0 Å². The molecule has 0 fully saturated rings. The lowest BCUT2D eigenvalue weighted by Crippen LogP contribution is -2.05. The molecule has 7 heteroatoms. The van der Waals surface area contributed by atoms with Crippen LogP contribution < -0.4 is 10.4 Å². The van der Waals surface area contributed by atoms with E-state index >= 15 is 0 Å². The van der Waals surface area contributed by atoms with Crippen LogP contribution >= 0.6 is 11.6 Å². The van der Waals surface area contributed by atoms with E-state index in [2.05, 4.69) is 0 Å². The van der Waals surface area contributed by atoms with Crippen molar-refractivity contribution < 1.29 is 14.1 Å². The maximum atomic E-state index is 11.8. The number of hydrogen-bond acceptors (Lipinski definition) is 5. The second-order valence-electron chi connectivity index (χ2n) is 3.83. The van der Waals surface area contributed by atoms with Crippen molar-refractivity contribution in [1.29, 1.82) is 0 Å². The van der Waals surface area contributed by atoms with Crippen LogP contribution in [0.2, 0.25) is 5.02 Å². The van der Waals surface area contributed by atoms with Crippen LogP contribution in [-0.2, 0) is 0 Å². The van der Waals surface area contributed by atoms with Crippen LogP contribution in [-0.4, -0.2) is 11.5 Å². The van der Waals surface area contributed by atoms with E-state index in [1.54, 1.807) is 0 Å². The standard InChI is InChI=1S/C12H10ClNO5/c1-2-5-18-12-10(13)8-4-3-7(14(16)17)6-9(8)11(15)19-12/h3-4,6H,2,5H2,1H3. The highest BCUT2D eigenvalue weighted by Gasteiger charge is 2.16. The summed E-state index contributed by atoms with van der Waals surface area (Å²) in [4.78, 5) is 21.8. The van der Waals surface area contributed by atoms with E-state index in [4.69, 9.17) is 20.8 Å². The summed E-state index contributed by atoms with van der Waals surface area (Å²) in [5, 5.41) is 11.2. The number of fused-ring (bicyclic) bond motifs is 1. The Labute approximate surface area is 112 Å². The number of hydrogen-bond donors (Lipinski definition) is 0. The van der Waals surface area contributed by atoms with Crippen LogP contribution in [0.25, 0.3) is 10.8 Å². The molecule has 19 heavy (non-hydrogen) atoms. The molecule has 0 bridgehead atoms. The van der Waals surface area contributed by atoms with Gasteiger partial charge in [0.1, 0.15) is 5.02 Å². The normalized spacial score (nSPS) is 10.6. The van der Waals surface area contributed by atoms with Crippen molar-refractivity contribution in [3.63, 3.8) is 0 Å². The number of nitro benzene ring substituents is 1. The molecule has 0 aliphatic heterocycles. The van der Waals surface area contributed by atoms with Crippen molar-refractivity contribution in [2.24, 2.45) is 0 Å². The molecule has 1 aromatic carbocycles. The molecule has 0 unspecified atom stereocenters. The molecule has 0 atom stereocenters. The molecule has 1 aromatic heterocycles. The minimum Gasteiger partial charge on any atom is -0.464 e. The van der Waals surface area contributed by atoms with Gasteiger partial charge in [0.2, 0.25) is 0 Å². The van der Waals surface area contributed by atoms with E-state index in [1.807, 2.05) is 6.92 Å². The summed E-state index contributed by atoms with van der Waals surface area (Å²) in [6, 6.07) is 3.82. The number of non-ortho nitro benzene ring substituents is 1. The molecule has 2 aromatic rings. The molecule has 0 N–H and O–H groups in total. The quantitative estimate of drug-likeness (QED) is 0.636. The van der Waals surface area contributed by atoms with Gasteiger partial charge in [0.05, 0.1) is 16.9 Å². The van der Waals surface area contributed by atoms with Crippen molar-refractivity contribution in [2.75, 3.05) is 6.61 Å². The summed E-state index contributed by atoms with van der Waals surface area (Å²) in [7, 11) is 0. The Bertz CT molecular complexity index is 694. The van der Waals surface area contributed by atoms with Crippen molar-refractivity contribution in [1.82, 2.24) is 0 Å². The predicted molar refractivity (Wildman–Crippen MR) is 69.9 cm³/mol. The summed E-state index contributed by atoms with van der Waals surface area (Å²) in [6.45, 7) is 2.26. The predicted octanol–water partition coefficient (Wildman–Crippen LogP) is 3.14. The zero-order chi connectivity index (χ0) is 14.0. The molecular formula is C12H10ClNO5. The first kappa shape index (κ1) is 13.4. The van der Waals surface area contributed by atoms with Gasteiger partial charge in [0.25, 0.3) is 5.69 Å². The molecule has 2 rings (SSSR count). The molecule has 0 aliphatic rings. The zero-order valence-corrected chi connectivity index (χ0v) is 10.8. The second kappa shape index (κ2) is 5.27. The Morgan fingerprint density at radius 2 is 2.16 bits per heavy atom. The van der Waals surface area contributed by atoms with Crippen molar-refractivity contribution >= 4 is 28.1 Å². The first-order valence-corrected chi connectivity index (χ1v) is 5.96. The fraction of sp³-hybridized carbons (Fsp3) is 0.250. The third-order valence-corrected chi connectivity index (χ3v) is 2.83. The molecule has 6 nitrogen and oxygen atoms in total. The average Bonchev–Trinajstić information content (AvgIpc) is 2.40. The van der Waals surface area contributed by atoms with Gasteiger partial charge >= 0.3 is 11.6 Å². The van der Waals surface area contributed by atoms with Gasteiger partial charge in [-0.2, -0.15) is 0 Å². The van der Waals surface area contributed by atoms with Gasteiger partial charge in [-0.15, -0.1) is 0 Å². The SMILES string of the molecule is CCCOc1oc(=O)c2cc([N+](=O)[O-])ccc2c1Cl. The first-order chi connectivity index (χ1) is 9.04. The lowest BCUT2D eigenvalue weighted by atomic mass is 10.1. The number of nitro groups is 1. The lowest BCUT2D eigenvalue weighted by Gasteiger charge is -2.06. The largest absolute Gasteiger partial charge is 0.464 e. The smallest absolute Gasteiger partial charge is 0.346 e. The van der Waals surface area contributed by atoms with Crippen LogP contribution in [0.4, 0.5) is 5.69 Å². The van der Waals surface area contributed by atoms with Crippen LogP contribution in [0.5, 0.6) is 5.95 Å². The first-order valence-electron chi connectivity index (χ1n) is 5.58. The van der Waals surface area contributed by atoms with Gasteiger partial charge < -0.3 is 9.15 Å². The maximum absolute atomic E-state index is 11.8. The van der Waals surface area contributed by atoms with Gasteiger partial charge in [-0.25, -0.2) is 4.79 Å². The van der Waals surface area contributed by atoms with Crippen LogP contribution in [0, 0.1) is 10.1 Å². The Kier molecular flexibility index (Phi) is 3.71. The van der Waals surface area contributed by atoms with E-state index < -0.39 is 10.5 Å². The van der Waals surface area contributed by atoms with Gasteiger partial charge in [-0.05, 0) is 12.5 Å². The molecule has 100 valence electrons. The summed E-state index contributed by atoms with van der Waals surface area (Å²) in [5.74, 6) is -0.0603. The van der Waals surface area contributed by atoms with E-state index in [0.717, 1.165) is 12.5 Å². The molecule has 0 aliphatic carbocycles. The monoisotopic (exact) mass is 283 g/mol. The number of rotatable bonds is 4. The van der Waals surface area contributed by atoms with Crippen LogP contribution in [0.15, 0.2) is 27.4 Å². The molecule has 0 saturated carbocycles. The van der Waals surface area contributed by atoms with E-state index in [9.17, 15) is 14.9 Å². The maximum Gasteiger partial charge on any atom is 0.346 e. The molecule has 0 amide bonds. The lowest BCUT2D eigenvalue weighted by molar-refractivity contribution is -0.384. The summed E-state index contributed by atoms with van der Waals surface area (Å²) in [5.41, 5.74) is -0.910. The van der Waals surface area contributed by atoms with Gasteiger partial charge in [-0.3, -0.25) is 10.1 Å². The van der Waals surface area contributed by atoms with E-state index in [-0.39, 0.29) is 22.0 Å². The highest BCUT2D eigenvalue weighted by atomic mass is 35.5. The van der Waals surface area contributed by atoms with Crippen molar-refractivity contribution in [2.45, 2.75) is 13.3 Å². The topological polar surface area (TPSA) is 82.6 Å². The Hall–Kier alpha value is -2.08. The van der Waals surface area contributed by atoms with Gasteiger partial charge in [0.15, 0.2) is 0 Å². The van der Waals surface area contributed by atoms with Crippen molar-refractivity contribution in [3.8, 4) is 5.95 Å². The van der Waals surface area contributed by atoms with Gasteiger partial charge in [-0.1, -0.05) is 18.5 Å². The number of ether oxygens (including phenoxy) is 1. The molecule has 1 heterocycles. The zero-order valence-electron chi connectivity index (χ0n) is 10.0. The number of halogens is 1. The summed E-state index contributed by atoms with van der Waals surface area (Å²) >= 11 is 6.05. The van der Waals surface area contributed by atoms with Gasteiger partial charge in [0, 0.05) is 17.5 Å². The summed E-state index contributed by atoms with van der Waals surface area (Å²) < 4.78 is 10.1. The Balaban J connectivity index is 2.63. The second-order valence-corrected chi connectivity index (χ2v) is 4.20. The fourth-order valence-corrected chi connectivity index (χ4v) is 1.85. The molecule has 0 saturated heterocycles. The van der Waals surface area contributed by atoms with Crippen molar-refractivity contribution in [3.05, 3.63) is 43.8 Å². The number of nitrogens with zero attached hydrogens (tertiary/aromatic N) is 1. The fourth-order valence-electron chi connectivity index (χ4n) is 1.59. The third kappa shape index (κ3) is 2.53. The minimum absolute atomic E-state index is 0.0584. The molecule has 0 spiro atoms. The van der Waals surface area contributed by atoms with E-state index in [1.165, 1.54) is 12.1 Å². The highest BCUT2D eigenvalue weighted by molar-refractivity contribution is 6.36. The third-order valence-electron chi connectivity index (χ3n) is 2.47. The molecule has 0 radical (unpaired) electrons.